The summed E-state index contributed by atoms with van der Waals surface area (Å²) in [6.45, 7) is 16.1. The minimum atomic E-state index is -2.75. The van der Waals surface area contributed by atoms with Crippen LogP contribution in [-0.2, 0) is 18.8 Å². The van der Waals surface area contributed by atoms with Crippen LogP contribution in [0.4, 0.5) is 0 Å². The van der Waals surface area contributed by atoms with Crippen LogP contribution in [0.15, 0.2) is 85.5 Å². The SMILES string of the molecule is C=CC[C@@H](CO[Si](c1ccccc1)(c1ccccc1)C(C)(C)C)OC(=O)/C=C/C(C)(C)C(=O)CC. The van der Waals surface area contributed by atoms with Gasteiger partial charge in [0, 0.05) is 24.3 Å². The number of benzene rings is 2. The summed E-state index contributed by atoms with van der Waals surface area (Å²) >= 11 is 0. The second kappa shape index (κ2) is 12.3. The van der Waals surface area contributed by atoms with Crippen LogP contribution in [0.25, 0.3) is 0 Å². The van der Waals surface area contributed by atoms with Crippen molar-refractivity contribution < 1.29 is 18.8 Å². The van der Waals surface area contributed by atoms with Crippen molar-refractivity contribution in [2.45, 2.75) is 65.5 Å². The summed E-state index contributed by atoms with van der Waals surface area (Å²) in [4.78, 5) is 24.8. The van der Waals surface area contributed by atoms with E-state index in [-0.39, 0.29) is 17.4 Å². The number of ether oxygens (including phenoxy) is 1. The molecule has 0 fully saturated rings. The molecule has 0 saturated heterocycles. The van der Waals surface area contributed by atoms with E-state index in [9.17, 15) is 9.59 Å². The molecule has 0 aliphatic carbocycles. The molecule has 2 aromatic carbocycles. The highest BCUT2D eigenvalue weighted by atomic mass is 28.4. The Balaban J connectivity index is 2.35. The maximum absolute atomic E-state index is 12.6. The number of Topliss-reactive ketones (excluding diaryl/α,β-unsaturated/α-hetero) is 1. The van der Waals surface area contributed by atoms with Crippen LogP contribution in [-0.4, -0.2) is 32.8 Å². The number of carbonyl (C=O) groups excluding carboxylic acids is 2. The van der Waals surface area contributed by atoms with Gasteiger partial charge in [-0.05, 0) is 29.3 Å². The molecule has 5 heteroatoms. The molecular weight excluding hydrogens is 452 g/mol. The molecule has 0 bridgehead atoms. The molecule has 0 aromatic heterocycles. The van der Waals surface area contributed by atoms with Gasteiger partial charge in [-0.2, -0.15) is 0 Å². The fraction of sp³-hybridized carbons (Fsp3) is 0.400. The van der Waals surface area contributed by atoms with Crippen LogP contribution in [0.1, 0.15) is 54.4 Å². The monoisotopic (exact) mass is 492 g/mol. The van der Waals surface area contributed by atoms with Crippen LogP contribution in [0.3, 0.4) is 0 Å². The Morgan fingerprint density at radius 1 is 0.943 bits per heavy atom. The Morgan fingerprint density at radius 2 is 1.46 bits per heavy atom. The average Bonchev–Trinajstić information content (AvgIpc) is 2.83. The number of carbonyl (C=O) groups is 2. The summed E-state index contributed by atoms with van der Waals surface area (Å²) < 4.78 is 12.7. The fourth-order valence-corrected chi connectivity index (χ4v) is 8.94. The highest BCUT2D eigenvalue weighted by molar-refractivity contribution is 6.99. The fourth-order valence-electron chi connectivity index (χ4n) is 4.34. The molecule has 0 unspecified atom stereocenters. The molecular formula is C30H40O4Si. The van der Waals surface area contributed by atoms with Crippen molar-refractivity contribution in [1.29, 1.82) is 0 Å². The van der Waals surface area contributed by atoms with E-state index in [0.717, 1.165) is 0 Å². The lowest BCUT2D eigenvalue weighted by atomic mass is 9.86. The van der Waals surface area contributed by atoms with Crippen LogP contribution < -0.4 is 10.4 Å². The molecule has 4 nitrogen and oxygen atoms in total. The van der Waals surface area contributed by atoms with Gasteiger partial charge < -0.3 is 9.16 Å². The number of rotatable bonds is 12. The van der Waals surface area contributed by atoms with Crippen LogP contribution in [0, 0.1) is 5.41 Å². The van der Waals surface area contributed by atoms with Gasteiger partial charge >= 0.3 is 5.97 Å². The molecule has 1 atom stereocenters. The van der Waals surface area contributed by atoms with Gasteiger partial charge in [0.05, 0.1) is 6.61 Å². The van der Waals surface area contributed by atoms with Gasteiger partial charge in [-0.1, -0.05) is 101 Å². The molecule has 188 valence electrons. The lowest BCUT2D eigenvalue weighted by molar-refractivity contribution is -0.144. The predicted octanol–water partition coefficient (Wildman–Crippen LogP) is 5.61. The molecule has 35 heavy (non-hydrogen) atoms. The first-order valence-electron chi connectivity index (χ1n) is 12.3. The van der Waals surface area contributed by atoms with E-state index in [1.54, 1.807) is 26.0 Å². The molecule has 0 amide bonds. The summed E-state index contributed by atoms with van der Waals surface area (Å²) in [7, 11) is -2.75. The van der Waals surface area contributed by atoms with Gasteiger partial charge in [0.25, 0.3) is 8.32 Å². The second-order valence-electron chi connectivity index (χ2n) is 10.4. The number of ketones is 1. The minimum absolute atomic E-state index is 0.0687. The van der Waals surface area contributed by atoms with Crippen LogP contribution in [0.5, 0.6) is 0 Å². The number of esters is 1. The van der Waals surface area contributed by atoms with Crippen LogP contribution >= 0.6 is 0 Å². The molecule has 0 N–H and O–H groups in total. The van der Waals surface area contributed by atoms with Crippen molar-refractivity contribution >= 4 is 30.4 Å². The number of hydrogen-bond donors (Lipinski definition) is 0. The Hall–Kier alpha value is -2.76. The van der Waals surface area contributed by atoms with Gasteiger partial charge in [0.2, 0.25) is 0 Å². The average molecular weight is 493 g/mol. The molecule has 2 rings (SSSR count). The first kappa shape index (κ1) is 28.5. The molecule has 0 radical (unpaired) electrons. The third-order valence-electron chi connectivity index (χ3n) is 6.29. The largest absolute Gasteiger partial charge is 0.456 e. The first-order chi connectivity index (χ1) is 16.5. The second-order valence-corrected chi connectivity index (χ2v) is 14.7. The normalized spacial score (nSPS) is 13.4. The highest BCUT2D eigenvalue weighted by Gasteiger charge is 2.50. The zero-order valence-electron chi connectivity index (χ0n) is 22.0. The lowest BCUT2D eigenvalue weighted by Gasteiger charge is -2.43. The van der Waals surface area contributed by atoms with Crippen molar-refractivity contribution in [3.63, 3.8) is 0 Å². The lowest BCUT2D eigenvalue weighted by Crippen LogP contribution is -2.67. The summed E-state index contributed by atoms with van der Waals surface area (Å²) in [6, 6.07) is 20.7. The van der Waals surface area contributed by atoms with E-state index in [2.05, 4.69) is 51.6 Å². The summed E-state index contributed by atoms with van der Waals surface area (Å²) in [5.41, 5.74) is -0.715. The van der Waals surface area contributed by atoms with Gasteiger partial charge in [-0.15, -0.1) is 6.58 Å². The van der Waals surface area contributed by atoms with E-state index < -0.39 is 25.8 Å². The molecule has 0 aliphatic heterocycles. The molecule has 0 saturated carbocycles. The van der Waals surface area contributed by atoms with Crippen molar-refractivity contribution in [2.24, 2.45) is 5.41 Å². The van der Waals surface area contributed by atoms with Crippen LogP contribution in [0.2, 0.25) is 5.04 Å². The predicted molar refractivity (Wildman–Crippen MR) is 146 cm³/mol. The van der Waals surface area contributed by atoms with E-state index in [1.807, 2.05) is 43.3 Å². The summed E-state index contributed by atoms with van der Waals surface area (Å²) in [6.07, 6.45) is 5.10. The topological polar surface area (TPSA) is 52.6 Å². The number of allylic oxidation sites excluding steroid dienone is 1. The smallest absolute Gasteiger partial charge is 0.330 e. The Kier molecular flexibility index (Phi) is 9.99. The highest BCUT2D eigenvalue weighted by Crippen LogP contribution is 2.37. The summed E-state index contributed by atoms with van der Waals surface area (Å²) in [5.74, 6) is -0.418. The quantitative estimate of drug-likeness (QED) is 0.167. The van der Waals surface area contributed by atoms with Crippen molar-refractivity contribution in [2.75, 3.05) is 6.61 Å². The molecule has 0 spiro atoms. The third-order valence-corrected chi connectivity index (χ3v) is 11.3. The van der Waals surface area contributed by atoms with Gasteiger partial charge in [0.15, 0.2) is 0 Å². The molecule has 0 heterocycles. The Morgan fingerprint density at radius 3 is 1.89 bits per heavy atom. The molecule has 0 aliphatic rings. The van der Waals surface area contributed by atoms with E-state index in [0.29, 0.717) is 12.8 Å². The maximum atomic E-state index is 12.6. The van der Waals surface area contributed by atoms with E-state index in [1.165, 1.54) is 16.4 Å². The van der Waals surface area contributed by atoms with E-state index in [4.69, 9.17) is 9.16 Å². The molecule has 2 aromatic rings. The standard InChI is InChI=1S/C30H40O4Si/c1-8-16-24(34-28(32)21-22-30(6,7)27(31)9-2)23-33-35(29(3,4)5,25-17-12-10-13-18-25)26-19-14-11-15-20-26/h8,10-15,17-22,24H,1,9,16,23H2,2-7H3/b22-21+/t24-/m0/s1. The zero-order chi connectivity index (χ0) is 26.1. The Bertz CT molecular complexity index is 964. The third kappa shape index (κ3) is 7.12. The van der Waals surface area contributed by atoms with E-state index >= 15 is 0 Å². The van der Waals surface area contributed by atoms with Crippen molar-refractivity contribution in [3.8, 4) is 0 Å². The van der Waals surface area contributed by atoms with Gasteiger partial charge in [-0.3, -0.25) is 4.79 Å². The van der Waals surface area contributed by atoms with Crippen molar-refractivity contribution in [1.82, 2.24) is 0 Å². The number of hydrogen-bond acceptors (Lipinski definition) is 4. The van der Waals surface area contributed by atoms with Crippen molar-refractivity contribution in [3.05, 3.63) is 85.5 Å². The Labute approximate surface area is 212 Å². The maximum Gasteiger partial charge on any atom is 0.330 e. The zero-order valence-corrected chi connectivity index (χ0v) is 23.0. The van der Waals surface area contributed by atoms with Gasteiger partial charge in [-0.25, -0.2) is 4.79 Å². The first-order valence-corrected chi connectivity index (χ1v) is 14.2. The van der Waals surface area contributed by atoms with Gasteiger partial charge in [0.1, 0.15) is 11.9 Å². The minimum Gasteiger partial charge on any atom is -0.456 e. The summed E-state index contributed by atoms with van der Waals surface area (Å²) in [5, 5.41) is 2.16.